The Labute approximate surface area is 206 Å². The van der Waals surface area contributed by atoms with Gasteiger partial charge in [-0.2, -0.15) is 8.42 Å². The second-order valence-corrected chi connectivity index (χ2v) is 8.36. The minimum atomic E-state index is -3.78. The number of unbranched alkanes of at least 4 members (excludes halogenated alkanes) is 12. The fraction of sp³-hybridized carbons (Fsp3) is 1.00. The van der Waals surface area contributed by atoms with Gasteiger partial charge >= 0.3 is 40.0 Å². The van der Waals surface area contributed by atoms with Crippen LogP contribution in [0.4, 0.5) is 0 Å². The monoisotopic (exact) mass is 448 g/mol. The Morgan fingerprint density at radius 1 is 0.552 bits per heavy atom. The van der Waals surface area contributed by atoms with Crippen molar-refractivity contribution in [3.8, 4) is 0 Å². The molecule has 0 radical (unpaired) electrons. The van der Waals surface area contributed by atoms with Crippen LogP contribution in [0.1, 0.15) is 119 Å². The molecule has 0 aliphatic rings. The van der Waals surface area contributed by atoms with Gasteiger partial charge in [0.1, 0.15) is 0 Å². The third kappa shape index (κ3) is 33.7. The van der Waals surface area contributed by atoms with E-state index < -0.39 is 10.4 Å². The first kappa shape index (κ1) is 34.4. The Hall–Kier alpha value is 0.830. The molecular weight excluding hydrogens is 399 g/mol. The van der Waals surface area contributed by atoms with Gasteiger partial charge in [-0.3, -0.25) is 0 Å². The molecule has 0 aromatic rings. The molecule has 7 heteroatoms. The van der Waals surface area contributed by atoms with Crippen LogP contribution < -0.4 is 29.6 Å². The first-order valence-corrected chi connectivity index (χ1v) is 13.0. The summed E-state index contributed by atoms with van der Waals surface area (Å²) < 4.78 is 37.6. The van der Waals surface area contributed by atoms with Gasteiger partial charge in [0.15, 0.2) is 0 Å². The minimum Gasteiger partial charge on any atom is -1.00 e. The summed E-state index contributed by atoms with van der Waals surface area (Å²) in [6.45, 7) is 10.5. The maximum atomic E-state index is 11.5. The van der Waals surface area contributed by atoms with E-state index in [1.54, 1.807) is 0 Å². The van der Waals surface area contributed by atoms with Gasteiger partial charge in [-0.15, -0.1) is 0 Å². The molecule has 0 fully saturated rings. The second-order valence-electron chi connectivity index (χ2n) is 7.08. The zero-order valence-electron chi connectivity index (χ0n) is 21.2. The van der Waals surface area contributed by atoms with Crippen LogP contribution in [0.15, 0.2) is 0 Å². The molecular formula is C22H49NaO5S. The molecule has 0 rings (SSSR count). The molecule has 0 aromatic carbocycles. The Morgan fingerprint density at radius 3 is 1.14 bits per heavy atom. The van der Waals surface area contributed by atoms with Crippen LogP contribution in [0.25, 0.3) is 0 Å². The quantitative estimate of drug-likeness (QED) is 0.209. The van der Waals surface area contributed by atoms with Gasteiger partial charge in [0.2, 0.25) is 0 Å². The van der Waals surface area contributed by atoms with Crippen molar-refractivity contribution in [3.05, 3.63) is 0 Å². The summed E-state index contributed by atoms with van der Waals surface area (Å²) in [6.07, 6.45) is 16.0. The fourth-order valence-corrected chi connectivity index (χ4v) is 3.39. The zero-order chi connectivity index (χ0) is 21.3. The number of rotatable bonds is 20. The average Bonchev–Trinajstić information content (AvgIpc) is 2.67. The van der Waals surface area contributed by atoms with Crippen LogP contribution in [0.5, 0.6) is 0 Å². The minimum absolute atomic E-state index is 0. The van der Waals surface area contributed by atoms with Crippen LogP contribution in [0, 0.1) is 0 Å². The maximum Gasteiger partial charge on any atom is 1.00 e. The molecule has 0 bridgehead atoms. The smallest absolute Gasteiger partial charge is 1.00 e. The van der Waals surface area contributed by atoms with E-state index in [9.17, 15) is 8.42 Å². The van der Waals surface area contributed by atoms with Crippen LogP contribution >= 0.6 is 0 Å². The molecule has 0 atom stereocenters. The molecule has 0 aromatic heterocycles. The Bertz CT molecular complexity index is 382. The molecule has 0 heterocycles. The van der Waals surface area contributed by atoms with Crippen molar-refractivity contribution in [2.75, 3.05) is 26.4 Å². The molecule has 0 spiro atoms. The molecule has 0 saturated carbocycles. The van der Waals surface area contributed by atoms with Crippen molar-refractivity contribution in [1.82, 2.24) is 0 Å². The SMILES string of the molecule is CCCCCCCCCCOS(=O)(=O)OCCCCCCCC.CCOCC.[H-].[Na+]. The van der Waals surface area contributed by atoms with Crippen molar-refractivity contribution >= 4 is 10.4 Å². The summed E-state index contributed by atoms with van der Waals surface area (Å²) >= 11 is 0. The molecule has 0 amide bonds. The molecule has 29 heavy (non-hydrogen) atoms. The van der Waals surface area contributed by atoms with Gasteiger partial charge in [-0.1, -0.05) is 90.9 Å². The van der Waals surface area contributed by atoms with Crippen molar-refractivity contribution in [3.63, 3.8) is 0 Å². The van der Waals surface area contributed by atoms with Crippen LogP contribution in [0.3, 0.4) is 0 Å². The normalized spacial score (nSPS) is 10.9. The standard InChI is InChI=1S/C18H38O4S.C4H10O.Na.H/c1-3-5-7-9-11-12-14-16-18-22-23(19,20)21-17-15-13-10-8-6-4-2;1-3-5-4-2;;/h3-18H2,1-2H3;3-4H2,1-2H3;;/q;;+1;-1. The van der Waals surface area contributed by atoms with Crippen molar-refractivity contribution in [1.29, 1.82) is 0 Å². The third-order valence-electron chi connectivity index (χ3n) is 4.36. The zero-order valence-corrected chi connectivity index (χ0v) is 23.0. The average molecular weight is 449 g/mol. The summed E-state index contributed by atoms with van der Waals surface area (Å²) in [6, 6.07) is 0. The van der Waals surface area contributed by atoms with E-state index in [-0.39, 0.29) is 44.2 Å². The molecule has 174 valence electrons. The topological polar surface area (TPSA) is 61.8 Å². The van der Waals surface area contributed by atoms with E-state index in [0.29, 0.717) is 0 Å². The second kappa shape index (κ2) is 28.8. The summed E-state index contributed by atoms with van der Waals surface area (Å²) in [7, 11) is -3.78. The number of hydrogen-bond acceptors (Lipinski definition) is 5. The van der Waals surface area contributed by atoms with E-state index in [4.69, 9.17) is 13.1 Å². The van der Waals surface area contributed by atoms with Gasteiger partial charge in [-0.05, 0) is 26.7 Å². The van der Waals surface area contributed by atoms with Crippen molar-refractivity contribution in [2.45, 2.75) is 118 Å². The van der Waals surface area contributed by atoms with E-state index in [2.05, 4.69) is 13.8 Å². The predicted molar refractivity (Wildman–Crippen MR) is 120 cm³/mol. The van der Waals surface area contributed by atoms with Gasteiger partial charge in [0, 0.05) is 13.2 Å². The Balaban J connectivity index is -0.000000429. The third-order valence-corrected chi connectivity index (χ3v) is 5.27. The summed E-state index contributed by atoms with van der Waals surface area (Å²) in [5.74, 6) is 0. The van der Waals surface area contributed by atoms with E-state index >= 15 is 0 Å². The Kier molecular flexibility index (Phi) is 34.2. The van der Waals surface area contributed by atoms with E-state index in [0.717, 1.165) is 51.7 Å². The summed E-state index contributed by atoms with van der Waals surface area (Å²) in [5, 5.41) is 0. The van der Waals surface area contributed by atoms with Crippen LogP contribution in [-0.2, 0) is 23.5 Å². The molecule has 0 unspecified atom stereocenters. The van der Waals surface area contributed by atoms with Crippen LogP contribution in [-0.4, -0.2) is 34.8 Å². The molecule has 0 aliphatic heterocycles. The van der Waals surface area contributed by atoms with Crippen LogP contribution in [0.2, 0.25) is 0 Å². The predicted octanol–water partition coefficient (Wildman–Crippen LogP) is 3.92. The Morgan fingerprint density at radius 2 is 0.862 bits per heavy atom. The molecule has 5 nitrogen and oxygen atoms in total. The largest absolute Gasteiger partial charge is 1.00 e. The van der Waals surface area contributed by atoms with E-state index in [1.807, 2.05) is 13.8 Å². The van der Waals surface area contributed by atoms with Gasteiger partial charge in [0.05, 0.1) is 13.2 Å². The van der Waals surface area contributed by atoms with E-state index in [1.165, 1.54) is 51.4 Å². The summed E-state index contributed by atoms with van der Waals surface area (Å²) in [5.41, 5.74) is 0. The van der Waals surface area contributed by atoms with Gasteiger partial charge in [-0.25, -0.2) is 8.37 Å². The first-order valence-electron chi connectivity index (χ1n) is 11.6. The fourth-order valence-electron chi connectivity index (χ4n) is 2.68. The molecule has 0 N–H and O–H groups in total. The maximum absolute atomic E-state index is 11.5. The van der Waals surface area contributed by atoms with Crippen molar-refractivity contribution < 1.29 is 52.5 Å². The van der Waals surface area contributed by atoms with Crippen molar-refractivity contribution in [2.24, 2.45) is 0 Å². The van der Waals surface area contributed by atoms with Gasteiger partial charge < -0.3 is 6.16 Å². The molecule has 0 aliphatic carbocycles. The first-order chi connectivity index (χ1) is 13.5. The molecule has 0 saturated heterocycles. The summed E-state index contributed by atoms with van der Waals surface area (Å²) in [4.78, 5) is 0. The number of ether oxygens (including phenoxy) is 1. The number of hydrogen-bond donors (Lipinski definition) is 0. The van der Waals surface area contributed by atoms with Gasteiger partial charge in [0.25, 0.3) is 0 Å².